The van der Waals surface area contributed by atoms with E-state index in [0.717, 1.165) is 4.47 Å². The van der Waals surface area contributed by atoms with Crippen LogP contribution in [0.1, 0.15) is 18.1 Å². The zero-order valence-corrected chi connectivity index (χ0v) is 18.9. The van der Waals surface area contributed by atoms with Gasteiger partial charge in [0, 0.05) is 32.6 Å². The molecule has 1 unspecified atom stereocenters. The number of aliphatic hydroxyl groups is 1. The molecule has 0 aliphatic rings. The predicted molar refractivity (Wildman–Crippen MR) is 114 cm³/mol. The van der Waals surface area contributed by atoms with Crippen molar-refractivity contribution < 1.29 is 13.5 Å². The molecular formula is C19H20Br2N2O3S. The highest BCUT2D eigenvalue weighted by molar-refractivity contribution is 9.10. The molecule has 0 aliphatic heterocycles. The van der Waals surface area contributed by atoms with Crippen LogP contribution in [0.5, 0.6) is 0 Å². The number of fused-ring (bicyclic) bond motifs is 1. The number of hydrogen-bond donors (Lipinski definition) is 1. The summed E-state index contributed by atoms with van der Waals surface area (Å²) in [7, 11) is 0.0489. The third kappa shape index (κ3) is 4.14. The van der Waals surface area contributed by atoms with E-state index in [-0.39, 0.29) is 4.90 Å². The van der Waals surface area contributed by atoms with E-state index in [0.29, 0.717) is 33.9 Å². The van der Waals surface area contributed by atoms with Crippen LogP contribution in [0.4, 0.5) is 0 Å². The number of aliphatic hydroxyl groups excluding tert-OH is 1. The number of nitrogens with zero attached hydrogens (tertiary/aromatic N) is 2. The van der Waals surface area contributed by atoms with Crippen molar-refractivity contribution in [2.45, 2.75) is 17.4 Å². The summed E-state index contributed by atoms with van der Waals surface area (Å²) in [5.74, 6) is 0. The third-order valence-corrected chi connectivity index (χ3v) is 7.52. The Bertz CT molecular complexity index is 1080. The number of halogens is 2. The molecule has 0 bridgehead atoms. The Morgan fingerprint density at radius 1 is 1.15 bits per heavy atom. The maximum atomic E-state index is 13.3. The highest BCUT2D eigenvalue weighted by Gasteiger charge is 2.25. The normalized spacial score (nSPS) is 13.4. The smallest absolute Gasteiger partial charge is 0.269 e. The molecule has 0 amide bonds. The minimum Gasteiger partial charge on any atom is -0.388 e. The summed E-state index contributed by atoms with van der Waals surface area (Å²) in [6.07, 6.45) is 1.28. The molecule has 0 spiro atoms. The van der Waals surface area contributed by atoms with Gasteiger partial charge < -0.3 is 10.0 Å². The zero-order valence-electron chi connectivity index (χ0n) is 14.9. The Kier molecular flexibility index (Phi) is 6.12. The molecule has 1 N–H and O–H groups in total. The lowest BCUT2D eigenvalue weighted by molar-refractivity contribution is 0.155. The molecule has 144 valence electrons. The molecule has 3 aromatic rings. The Balaban J connectivity index is 2.18. The van der Waals surface area contributed by atoms with Gasteiger partial charge in [-0.1, -0.05) is 28.1 Å². The standard InChI is InChI=1S/C19H20Br2N2O3S/c1-22(2)10-9-18(24)15-12-23(17-8-7-13(20)11-14(15)17)27(25,26)19-6-4-3-5-16(19)21/h3-8,11-12,18,24H,9-10H2,1-2H3. The highest BCUT2D eigenvalue weighted by atomic mass is 79.9. The van der Waals surface area contributed by atoms with Crippen LogP contribution in [0.25, 0.3) is 10.9 Å². The van der Waals surface area contributed by atoms with E-state index in [2.05, 4.69) is 31.9 Å². The molecule has 1 heterocycles. The molecule has 3 rings (SSSR count). The molecule has 5 nitrogen and oxygen atoms in total. The lowest BCUT2D eigenvalue weighted by Crippen LogP contribution is -2.16. The second kappa shape index (κ2) is 8.05. The fourth-order valence-corrected chi connectivity index (χ4v) is 5.66. The van der Waals surface area contributed by atoms with Crippen molar-refractivity contribution >= 4 is 52.8 Å². The molecule has 27 heavy (non-hydrogen) atoms. The first-order valence-electron chi connectivity index (χ1n) is 8.35. The van der Waals surface area contributed by atoms with E-state index in [1.165, 1.54) is 10.2 Å². The minimum atomic E-state index is -3.82. The first-order chi connectivity index (χ1) is 12.7. The Morgan fingerprint density at radius 2 is 1.85 bits per heavy atom. The van der Waals surface area contributed by atoms with Crippen molar-refractivity contribution in [3.05, 3.63) is 63.2 Å². The maximum Gasteiger partial charge on any atom is 0.269 e. The van der Waals surface area contributed by atoms with Gasteiger partial charge in [-0.2, -0.15) is 0 Å². The summed E-state index contributed by atoms with van der Waals surface area (Å²) in [6.45, 7) is 0.693. The molecule has 0 aliphatic carbocycles. The molecule has 0 saturated carbocycles. The fraction of sp³-hybridized carbons (Fsp3) is 0.263. The molecule has 1 aromatic heterocycles. The van der Waals surface area contributed by atoms with Gasteiger partial charge in [0.1, 0.15) is 4.90 Å². The van der Waals surface area contributed by atoms with Gasteiger partial charge >= 0.3 is 0 Å². The van der Waals surface area contributed by atoms with E-state index in [1.54, 1.807) is 36.4 Å². The topological polar surface area (TPSA) is 62.5 Å². The van der Waals surface area contributed by atoms with Gasteiger partial charge in [-0.15, -0.1) is 0 Å². The summed E-state index contributed by atoms with van der Waals surface area (Å²) in [4.78, 5) is 2.16. The Hall–Kier alpha value is -1.19. The van der Waals surface area contributed by atoms with Crippen molar-refractivity contribution in [2.24, 2.45) is 0 Å². The van der Waals surface area contributed by atoms with Gasteiger partial charge in [-0.05, 0) is 66.8 Å². The second-order valence-corrected chi connectivity index (χ2v) is 10.1. The monoisotopic (exact) mass is 514 g/mol. The minimum absolute atomic E-state index is 0.180. The number of hydrogen-bond acceptors (Lipinski definition) is 4. The summed E-state index contributed by atoms with van der Waals surface area (Å²) < 4.78 is 29.2. The molecule has 0 saturated heterocycles. The molecular weight excluding hydrogens is 496 g/mol. The average Bonchev–Trinajstić information content (AvgIpc) is 2.99. The summed E-state index contributed by atoms with van der Waals surface area (Å²) in [5.41, 5.74) is 1.14. The van der Waals surface area contributed by atoms with E-state index in [1.807, 2.05) is 25.1 Å². The van der Waals surface area contributed by atoms with Crippen molar-refractivity contribution in [1.82, 2.24) is 8.87 Å². The van der Waals surface area contributed by atoms with Gasteiger partial charge in [0.05, 0.1) is 11.6 Å². The van der Waals surface area contributed by atoms with Crippen molar-refractivity contribution in [3.63, 3.8) is 0 Å². The highest BCUT2D eigenvalue weighted by Crippen LogP contribution is 2.34. The van der Waals surface area contributed by atoms with E-state index >= 15 is 0 Å². The fourth-order valence-electron chi connectivity index (χ4n) is 2.96. The van der Waals surface area contributed by atoms with Gasteiger partial charge in [0.25, 0.3) is 10.0 Å². The van der Waals surface area contributed by atoms with Gasteiger partial charge in [0.2, 0.25) is 0 Å². The summed E-state index contributed by atoms with van der Waals surface area (Å²) >= 11 is 6.76. The SMILES string of the molecule is CN(C)CCC(O)c1cn(S(=O)(=O)c2ccccc2Br)c2ccc(Br)cc12. The second-order valence-electron chi connectivity index (χ2n) is 6.58. The molecule has 1 atom stereocenters. The molecule has 0 fully saturated rings. The zero-order chi connectivity index (χ0) is 19.8. The number of rotatable bonds is 6. The van der Waals surface area contributed by atoms with Gasteiger partial charge in [-0.3, -0.25) is 0 Å². The van der Waals surface area contributed by atoms with Crippen LogP contribution in [0.2, 0.25) is 0 Å². The lowest BCUT2D eigenvalue weighted by Gasteiger charge is -2.14. The summed E-state index contributed by atoms with van der Waals surface area (Å²) in [6, 6.07) is 12.1. The van der Waals surface area contributed by atoms with Crippen LogP contribution in [0.3, 0.4) is 0 Å². The molecule has 8 heteroatoms. The number of aromatic nitrogens is 1. The van der Waals surface area contributed by atoms with Gasteiger partial charge in [0.15, 0.2) is 0 Å². The third-order valence-electron chi connectivity index (χ3n) is 4.35. The lowest BCUT2D eigenvalue weighted by atomic mass is 10.1. The van der Waals surface area contributed by atoms with Crippen LogP contribution >= 0.6 is 31.9 Å². The Labute approximate surface area is 175 Å². The van der Waals surface area contributed by atoms with Gasteiger partial charge in [-0.25, -0.2) is 12.4 Å². The van der Waals surface area contributed by atoms with E-state index < -0.39 is 16.1 Å². The van der Waals surface area contributed by atoms with Crippen LogP contribution in [-0.4, -0.2) is 43.0 Å². The first kappa shape index (κ1) is 20.5. The average molecular weight is 516 g/mol. The van der Waals surface area contributed by atoms with E-state index in [4.69, 9.17) is 0 Å². The molecule has 0 radical (unpaired) electrons. The maximum absolute atomic E-state index is 13.3. The predicted octanol–water partition coefficient (Wildman–Crippen LogP) is 4.39. The van der Waals surface area contributed by atoms with Crippen LogP contribution in [0.15, 0.2) is 62.5 Å². The molecule has 2 aromatic carbocycles. The van der Waals surface area contributed by atoms with Crippen LogP contribution in [0, 0.1) is 0 Å². The largest absolute Gasteiger partial charge is 0.388 e. The van der Waals surface area contributed by atoms with Crippen LogP contribution in [-0.2, 0) is 10.0 Å². The summed E-state index contributed by atoms with van der Waals surface area (Å²) in [5, 5.41) is 11.4. The van der Waals surface area contributed by atoms with Crippen molar-refractivity contribution in [3.8, 4) is 0 Å². The van der Waals surface area contributed by atoms with Crippen molar-refractivity contribution in [1.29, 1.82) is 0 Å². The Morgan fingerprint density at radius 3 is 2.52 bits per heavy atom. The number of benzene rings is 2. The van der Waals surface area contributed by atoms with E-state index in [9.17, 15) is 13.5 Å². The van der Waals surface area contributed by atoms with Crippen molar-refractivity contribution in [2.75, 3.05) is 20.6 Å². The van der Waals surface area contributed by atoms with Crippen LogP contribution < -0.4 is 0 Å². The first-order valence-corrected chi connectivity index (χ1v) is 11.4. The quantitative estimate of drug-likeness (QED) is 0.529.